The van der Waals surface area contributed by atoms with E-state index in [9.17, 15) is 4.39 Å². The molecule has 124 valence electrons. The minimum atomic E-state index is -0.361. The number of hydrogen-bond donors (Lipinski definition) is 2. The van der Waals surface area contributed by atoms with Crippen LogP contribution < -0.4 is 15.4 Å². The molecule has 0 bridgehead atoms. The number of halogens is 2. The second-order valence-corrected chi connectivity index (χ2v) is 4.62. The number of aliphatic imine (C=N–C) groups is 1. The first-order valence-corrected chi connectivity index (χ1v) is 7.04. The number of hydrogen-bond acceptors (Lipinski definition) is 2. The minimum absolute atomic E-state index is 0. The molecule has 1 atom stereocenters. The summed E-state index contributed by atoms with van der Waals surface area (Å²) in [5, 5.41) is 6.44. The van der Waals surface area contributed by atoms with Crippen LogP contribution in [0.3, 0.4) is 0 Å². The number of ether oxygens (including phenoxy) is 1. The summed E-state index contributed by atoms with van der Waals surface area (Å²) in [6, 6.07) is 4.89. The highest BCUT2D eigenvalue weighted by Gasteiger charge is 2.10. The summed E-state index contributed by atoms with van der Waals surface area (Å²) in [6.45, 7) is 4.75. The summed E-state index contributed by atoms with van der Waals surface area (Å²) in [5.41, 5.74) is 0.838. The molecule has 1 aromatic rings. The summed E-state index contributed by atoms with van der Waals surface area (Å²) in [6.07, 6.45) is 5.03. The van der Waals surface area contributed by atoms with Gasteiger partial charge in [-0.2, -0.15) is 0 Å². The molecule has 1 unspecified atom stereocenters. The van der Waals surface area contributed by atoms with E-state index in [1.165, 1.54) is 13.2 Å². The second-order valence-electron chi connectivity index (χ2n) is 4.62. The van der Waals surface area contributed by atoms with Gasteiger partial charge in [0.25, 0.3) is 0 Å². The van der Waals surface area contributed by atoms with Crippen molar-refractivity contribution in [2.75, 3.05) is 20.7 Å². The number of nitrogens with one attached hydrogen (secondary N) is 2. The van der Waals surface area contributed by atoms with Crippen LogP contribution in [-0.2, 0) is 0 Å². The molecule has 2 N–H and O–H groups in total. The molecule has 0 saturated heterocycles. The Balaban J connectivity index is 0.00000441. The zero-order valence-electron chi connectivity index (χ0n) is 13.5. The first-order chi connectivity index (χ1) is 10.1. The molecule has 0 aliphatic carbocycles. The van der Waals surface area contributed by atoms with Crippen LogP contribution in [0.25, 0.3) is 0 Å². The van der Waals surface area contributed by atoms with E-state index in [4.69, 9.17) is 4.74 Å². The molecule has 0 heterocycles. The summed E-state index contributed by atoms with van der Waals surface area (Å²) in [4.78, 5) is 4.16. The molecule has 0 aliphatic heterocycles. The van der Waals surface area contributed by atoms with Crippen molar-refractivity contribution in [1.29, 1.82) is 0 Å². The number of allylic oxidation sites excluding steroid dienone is 1. The molecule has 6 heteroatoms. The topological polar surface area (TPSA) is 45.7 Å². The van der Waals surface area contributed by atoms with Crippen molar-refractivity contribution >= 4 is 29.9 Å². The molecule has 0 saturated carbocycles. The zero-order valence-corrected chi connectivity index (χ0v) is 15.9. The Labute approximate surface area is 149 Å². The van der Waals surface area contributed by atoms with Crippen LogP contribution in [0.2, 0.25) is 0 Å². The van der Waals surface area contributed by atoms with Crippen molar-refractivity contribution in [2.45, 2.75) is 26.3 Å². The van der Waals surface area contributed by atoms with Crippen molar-refractivity contribution in [2.24, 2.45) is 4.99 Å². The van der Waals surface area contributed by atoms with E-state index >= 15 is 0 Å². The van der Waals surface area contributed by atoms with E-state index in [0.717, 1.165) is 18.5 Å². The summed E-state index contributed by atoms with van der Waals surface area (Å²) < 4.78 is 18.6. The van der Waals surface area contributed by atoms with Gasteiger partial charge in [0.15, 0.2) is 17.5 Å². The van der Waals surface area contributed by atoms with Crippen LogP contribution in [-0.4, -0.2) is 26.7 Å². The first kappa shape index (κ1) is 20.7. The molecule has 0 spiro atoms. The number of methoxy groups -OCH3 is 1. The fraction of sp³-hybridized carbons (Fsp3) is 0.438. The van der Waals surface area contributed by atoms with Gasteiger partial charge in [-0.05, 0) is 38.0 Å². The molecule has 0 fully saturated rings. The van der Waals surface area contributed by atoms with E-state index in [-0.39, 0.29) is 41.6 Å². The standard InChI is InChI=1S/C16H24FN3O.HI/c1-5-6-7-10-19-16(18-3)20-12(2)13-8-9-15(21-4)14(17)11-13;/h5-6,8-9,11-12H,7,10H2,1-4H3,(H2,18,19,20);1H. The van der Waals surface area contributed by atoms with Crippen LogP contribution >= 0.6 is 24.0 Å². The maximum atomic E-state index is 13.7. The number of benzene rings is 1. The summed E-state index contributed by atoms with van der Waals surface area (Å²) in [7, 11) is 3.17. The lowest BCUT2D eigenvalue weighted by Crippen LogP contribution is -2.39. The summed E-state index contributed by atoms with van der Waals surface area (Å²) in [5.74, 6) is 0.586. The molecule has 22 heavy (non-hydrogen) atoms. The van der Waals surface area contributed by atoms with E-state index in [1.54, 1.807) is 13.1 Å². The van der Waals surface area contributed by atoms with Crippen molar-refractivity contribution in [3.8, 4) is 5.75 Å². The van der Waals surface area contributed by atoms with E-state index in [0.29, 0.717) is 5.96 Å². The molecule has 0 aromatic heterocycles. The first-order valence-electron chi connectivity index (χ1n) is 7.04. The van der Waals surface area contributed by atoms with Gasteiger partial charge in [-0.1, -0.05) is 18.2 Å². The number of nitrogens with zero attached hydrogens (tertiary/aromatic N) is 1. The highest BCUT2D eigenvalue weighted by Crippen LogP contribution is 2.21. The van der Waals surface area contributed by atoms with Crippen molar-refractivity contribution in [3.63, 3.8) is 0 Å². The van der Waals surface area contributed by atoms with Gasteiger partial charge in [0, 0.05) is 13.6 Å². The predicted molar refractivity (Wildman–Crippen MR) is 101 cm³/mol. The minimum Gasteiger partial charge on any atom is -0.494 e. The molecule has 4 nitrogen and oxygen atoms in total. The average molecular weight is 421 g/mol. The average Bonchev–Trinajstić information content (AvgIpc) is 2.50. The summed E-state index contributed by atoms with van der Waals surface area (Å²) >= 11 is 0. The van der Waals surface area contributed by atoms with Gasteiger partial charge in [-0.15, -0.1) is 24.0 Å². The molecule has 1 rings (SSSR count). The van der Waals surface area contributed by atoms with Crippen LogP contribution in [0.4, 0.5) is 4.39 Å². The fourth-order valence-electron chi connectivity index (χ4n) is 1.88. The van der Waals surface area contributed by atoms with E-state index < -0.39 is 0 Å². The van der Waals surface area contributed by atoms with Crippen molar-refractivity contribution in [3.05, 3.63) is 41.7 Å². The van der Waals surface area contributed by atoms with E-state index in [1.807, 2.05) is 26.0 Å². The monoisotopic (exact) mass is 421 g/mol. The van der Waals surface area contributed by atoms with Crippen LogP contribution in [0, 0.1) is 5.82 Å². The third kappa shape index (κ3) is 6.64. The van der Waals surface area contributed by atoms with Gasteiger partial charge < -0.3 is 15.4 Å². The SMILES string of the molecule is CC=CCCNC(=NC)NC(C)c1ccc(OC)c(F)c1.I. The van der Waals surface area contributed by atoms with Gasteiger partial charge >= 0.3 is 0 Å². The molecule has 1 aromatic carbocycles. The maximum Gasteiger partial charge on any atom is 0.191 e. The maximum absolute atomic E-state index is 13.7. The predicted octanol–water partition coefficient (Wildman–Crippen LogP) is 3.64. The Kier molecular flexibility index (Phi) is 10.6. The van der Waals surface area contributed by atoms with E-state index in [2.05, 4.69) is 21.7 Å². The lowest BCUT2D eigenvalue weighted by atomic mass is 10.1. The van der Waals surface area contributed by atoms with Gasteiger partial charge in [0.2, 0.25) is 0 Å². The number of rotatable bonds is 6. The van der Waals surface area contributed by atoms with Gasteiger partial charge in [0.1, 0.15) is 0 Å². The van der Waals surface area contributed by atoms with Crippen LogP contribution in [0.5, 0.6) is 5.75 Å². The van der Waals surface area contributed by atoms with Crippen LogP contribution in [0.15, 0.2) is 35.3 Å². The molecule has 0 amide bonds. The quantitative estimate of drug-likeness (QED) is 0.242. The Morgan fingerprint density at radius 1 is 1.45 bits per heavy atom. The number of guanidine groups is 1. The van der Waals surface area contributed by atoms with Crippen molar-refractivity contribution in [1.82, 2.24) is 10.6 Å². The molecular formula is C16H25FIN3O. The molecule has 0 radical (unpaired) electrons. The third-order valence-corrected chi connectivity index (χ3v) is 3.09. The Bertz CT molecular complexity index is 506. The highest BCUT2D eigenvalue weighted by molar-refractivity contribution is 14.0. The fourth-order valence-corrected chi connectivity index (χ4v) is 1.88. The zero-order chi connectivity index (χ0) is 15.7. The Morgan fingerprint density at radius 2 is 2.18 bits per heavy atom. The van der Waals surface area contributed by atoms with Crippen LogP contribution in [0.1, 0.15) is 31.9 Å². The molecular weight excluding hydrogens is 396 g/mol. The largest absolute Gasteiger partial charge is 0.494 e. The smallest absolute Gasteiger partial charge is 0.191 e. The Hall–Kier alpha value is -1.31. The second kappa shape index (κ2) is 11.3. The van der Waals surface area contributed by atoms with Gasteiger partial charge in [-0.25, -0.2) is 4.39 Å². The highest BCUT2D eigenvalue weighted by atomic mass is 127. The lowest BCUT2D eigenvalue weighted by molar-refractivity contribution is 0.386. The molecule has 0 aliphatic rings. The third-order valence-electron chi connectivity index (χ3n) is 3.09. The van der Waals surface area contributed by atoms with Gasteiger partial charge in [0.05, 0.1) is 13.2 Å². The lowest BCUT2D eigenvalue weighted by Gasteiger charge is -2.18. The van der Waals surface area contributed by atoms with Gasteiger partial charge in [-0.3, -0.25) is 4.99 Å². The normalized spacial score (nSPS) is 12.7. The van der Waals surface area contributed by atoms with Crippen molar-refractivity contribution < 1.29 is 9.13 Å². The Morgan fingerprint density at radius 3 is 2.73 bits per heavy atom.